The maximum absolute atomic E-state index is 12.4. The molecule has 0 aliphatic carbocycles. The van der Waals surface area contributed by atoms with Crippen molar-refractivity contribution in [1.82, 2.24) is 9.55 Å². The maximum Gasteiger partial charge on any atom is 0.416 e. The molecule has 0 bridgehead atoms. The highest BCUT2D eigenvalue weighted by molar-refractivity contribution is 5.87. The molecule has 2 aromatic rings. The molecule has 1 aliphatic heterocycles. The van der Waals surface area contributed by atoms with E-state index < -0.39 is 17.4 Å². The van der Waals surface area contributed by atoms with Gasteiger partial charge in [0.25, 0.3) is 0 Å². The second kappa shape index (κ2) is 7.72. The van der Waals surface area contributed by atoms with E-state index in [0.29, 0.717) is 30.9 Å². The Kier molecular flexibility index (Phi) is 5.36. The molecule has 1 aromatic heterocycles. The fourth-order valence-corrected chi connectivity index (χ4v) is 2.87. The average Bonchev–Trinajstić information content (AvgIpc) is 3.05. The predicted octanol–water partition coefficient (Wildman–Crippen LogP) is 2.49. The Bertz CT molecular complexity index is 985. The minimum atomic E-state index is -0.630. The van der Waals surface area contributed by atoms with E-state index in [9.17, 15) is 9.59 Å². The first-order valence-electron chi connectivity index (χ1n) is 9.01. The van der Waals surface area contributed by atoms with E-state index in [1.165, 1.54) is 9.47 Å². The number of carbonyl (C=O) groups is 1. The van der Waals surface area contributed by atoms with Crippen LogP contribution in [0.3, 0.4) is 0 Å². The lowest BCUT2D eigenvalue weighted by molar-refractivity contribution is 0.0584. The van der Waals surface area contributed by atoms with Gasteiger partial charge in [-0.3, -0.25) is 9.47 Å². The van der Waals surface area contributed by atoms with Crippen LogP contribution >= 0.6 is 0 Å². The smallest absolute Gasteiger partial charge is 0.416 e. The van der Waals surface area contributed by atoms with Crippen molar-refractivity contribution in [3.05, 3.63) is 51.9 Å². The summed E-state index contributed by atoms with van der Waals surface area (Å²) in [6, 6.07) is 10.9. The normalized spacial score (nSPS) is 13.0. The first-order chi connectivity index (χ1) is 13.3. The molecule has 28 heavy (non-hydrogen) atoms. The van der Waals surface area contributed by atoms with Gasteiger partial charge < -0.3 is 9.47 Å². The first-order valence-corrected chi connectivity index (χ1v) is 9.01. The fraction of sp³-hybridized carbons (Fsp3) is 0.400. The van der Waals surface area contributed by atoms with Crippen molar-refractivity contribution in [3.8, 4) is 11.9 Å². The molecule has 0 fully saturated rings. The van der Waals surface area contributed by atoms with E-state index in [4.69, 9.17) is 14.7 Å². The average molecular weight is 382 g/mol. The zero-order chi connectivity index (χ0) is 20.3. The van der Waals surface area contributed by atoms with E-state index in [1.54, 1.807) is 39.0 Å². The van der Waals surface area contributed by atoms with E-state index in [-0.39, 0.29) is 12.5 Å². The molecule has 0 saturated heterocycles. The monoisotopic (exact) mass is 382 g/mol. The Hall–Kier alpha value is -3.34. The SMILES string of the molecule is CC(C)(C)OC(=O)N1CCn2c1cc(OCCc1cccc(C#N)c1)nc2=O. The highest BCUT2D eigenvalue weighted by Gasteiger charge is 2.30. The quantitative estimate of drug-likeness (QED) is 0.806. The number of rotatable bonds is 4. The predicted molar refractivity (Wildman–Crippen MR) is 102 cm³/mol. The molecule has 8 heteroatoms. The summed E-state index contributed by atoms with van der Waals surface area (Å²) < 4.78 is 12.5. The summed E-state index contributed by atoms with van der Waals surface area (Å²) in [5.41, 5.74) is 0.437. The third-order valence-electron chi connectivity index (χ3n) is 4.10. The van der Waals surface area contributed by atoms with Crippen LogP contribution in [-0.2, 0) is 17.7 Å². The van der Waals surface area contributed by atoms with Gasteiger partial charge in [-0.15, -0.1) is 0 Å². The molecule has 0 radical (unpaired) electrons. The lowest BCUT2D eigenvalue weighted by atomic mass is 10.1. The van der Waals surface area contributed by atoms with Crippen LogP contribution in [0.15, 0.2) is 35.1 Å². The molecule has 1 aliphatic rings. The maximum atomic E-state index is 12.4. The lowest BCUT2D eigenvalue weighted by Crippen LogP contribution is -2.36. The number of benzene rings is 1. The number of fused-ring (bicyclic) bond motifs is 1. The van der Waals surface area contributed by atoms with Crippen LogP contribution in [0.1, 0.15) is 31.9 Å². The van der Waals surface area contributed by atoms with Crippen LogP contribution in [0, 0.1) is 11.3 Å². The highest BCUT2D eigenvalue weighted by Crippen LogP contribution is 2.24. The van der Waals surface area contributed by atoms with Crippen molar-refractivity contribution >= 4 is 11.9 Å². The summed E-state index contributed by atoms with van der Waals surface area (Å²) in [6.07, 6.45) is 0.0504. The van der Waals surface area contributed by atoms with Gasteiger partial charge >= 0.3 is 11.8 Å². The van der Waals surface area contributed by atoms with Gasteiger partial charge in [0.1, 0.15) is 11.4 Å². The summed E-state index contributed by atoms with van der Waals surface area (Å²) in [4.78, 5) is 30.0. The Morgan fingerprint density at radius 2 is 2.07 bits per heavy atom. The number of hydrogen-bond acceptors (Lipinski definition) is 6. The van der Waals surface area contributed by atoms with Gasteiger partial charge in [0.15, 0.2) is 0 Å². The number of nitriles is 1. The number of carbonyl (C=O) groups excluding carboxylic acids is 1. The van der Waals surface area contributed by atoms with Gasteiger partial charge in [-0.05, 0) is 38.5 Å². The van der Waals surface area contributed by atoms with Gasteiger partial charge in [-0.25, -0.2) is 9.59 Å². The fourth-order valence-electron chi connectivity index (χ4n) is 2.87. The van der Waals surface area contributed by atoms with Crippen molar-refractivity contribution in [2.24, 2.45) is 0 Å². The van der Waals surface area contributed by atoms with Crippen LogP contribution in [0.2, 0.25) is 0 Å². The van der Waals surface area contributed by atoms with Gasteiger partial charge in [-0.1, -0.05) is 12.1 Å². The van der Waals surface area contributed by atoms with Gasteiger partial charge in [0.05, 0.1) is 18.2 Å². The number of ether oxygens (including phenoxy) is 2. The molecule has 0 atom stereocenters. The molecule has 0 unspecified atom stereocenters. The number of aromatic nitrogens is 2. The van der Waals surface area contributed by atoms with Gasteiger partial charge in [-0.2, -0.15) is 10.2 Å². The molecule has 3 rings (SSSR count). The van der Waals surface area contributed by atoms with Crippen molar-refractivity contribution in [2.75, 3.05) is 18.1 Å². The summed E-state index contributed by atoms with van der Waals surface area (Å²) >= 11 is 0. The van der Waals surface area contributed by atoms with E-state index in [1.807, 2.05) is 12.1 Å². The van der Waals surface area contributed by atoms with Crippen LogP contribution in [0.5, 0.6) is 5.88 Å². The molecule has 146 valence electrons. The van der Waals surface area contributed by atoms with E-state index >= 15 is 0 Å². The molecule has 1 amide bonds. The van der Waals surface area contributed by atoms with Crippen molar-refractivity contribution in [1.29, 1.82) is 5.26 Å². The molecule has 1 aromatic carbocycles. The van der Waals surface area contributed by atoms with Gasteiger partial charge in [0.2, 0.25) is 5.88 Å². The van der Waals surface area contributed by atoms with Crippen molar-refractivity contribution in [3.63, 3.8) is 0 Å². The molecule has 0 N–H and O–H groups in total. The molecule has 0 saturated carbocycles. The summed E-state index contributed by atoms with van der Waals surface area (Å²) in [7, 11) is 0. The minimum Gasteiger partial charge on any atom is -0.477 e. The Morgan fingerprint density at radius 3 is 2.79 bits per heavy atom. The number of hydrogen-bond donors (Lipinski definition) is 0. The number of anilines is 1. The summed E-state index contributed by atoms with van der Waals surface area (Å²) in [5.74, 6) is 0.568. The lowest BCUT2D eigenvalue weighted by Gasteiger charge is -2.24. The van der Waals surface area contributed by atoms with Crippen molar-refractivity contribution in [2.45, 2.75) is 39.3 Å². The van der Waals surface area contributed by atoms with Crippen LogP contribution in [0.25, 0.3) is 0 Å². The largest absolute Gasteiger partial charge is 0.477 e. The topological polar surface area (TPSA) is 97.5 Å². The standard InChI is InChI=1S/C20H22N4O4/c1-20(2,3)28-19(26)24-9-8-23-17(24)12-16(22-18(23)25)27-10-7-14-5-4-6-15(11-14)13-21/h4-6,11-12H,7-10H2,1-3H3. The summed E-state index contributed by atoms with van der Waals surface area (Å²) in [5, 5.41) is 8.96. The highest BCUT2D eigenvalue weighted by atomic mass is 16.6. The first kappa shape index (κ1) is 19.4. The van der Waals surface area contributed by atoms with Crippen LogP contribution in [0.4, 0.5) is 10.6 Å². The van der Waals surface area contributed by atoms with Crippen LogP contribution < -0.4 is 15.3 Å². The molecule has 2 heterocycles. The minimum absolute atomic E-state index is 0.156. The second-order valence-electron chi connectivity index (χ2n) is 7.43. The number of amides is 1. The molecule has 0 spiro atoms. The third-order valence-corrected chi connectivity index (χ3v) is 4.10. The van der Waals surface area contributed by atoms with E-state index in [2.05, 4.69) is 11.1 Å². The Balaban J connectivity index is 1.71. The molecular weight excluding hydrogens is 360 g/mol. The molecular formula is C20H22N4O4. The van der Waals surface area contributed by atoms with Crippen molar-refractivity contribution < 1.29 is 14.3 Å². The Labute approximate surface area is 162 Å². The van der Waals surface area contributed by atoms with E-state index in [0.717, 1.165) is 5.56 Å². The zero-order valence-electron chi connectivity index (χ0n) is 16.1. The summed E-state index contributed by atoms with van der Waals surface area (Å²) in [6.45, 7) is 6.36. The number of nitrogens with zero attached hydrogens (tertiary/aromatic N) is 4. The zero-order valence-corrected chi connectivity index (χ0v) is 16.1. The third kappa shape index (κ3) is 4.49. The second-order valence-corrected chi connectivity index (χ2v) is 7.43. The Morgan fingerprint density at radius 1 is 1.29 bits per heavy atom. The van der Waals surface area contributed by atoms with Gasteiger partial charge in [0, 0.05) is 25.6 Å². The van der Waals surface area contributed by atoms with Crippen LogP contribution in [-0.4, -0.2) is 34.4 Å². The molecule has 8 nitrogen and oxygen atoms in total.